The lowest BCUT2D eigenvalue weighted by atomic mass is 10.0. The molecule has 0 aliphatic carbocycles. The van der Waals surface area contributed by atoms with Gasteiger partial charge in [-0.2, -0.15) is 0 Å². The SMILES string of the molecule is CC(O)C(C)CCOC(F)(F)F. The molecule has 0 aliphatic rings. The third-order valence-electron chi connectivity index (χ3n) is 1.66. The second-order valence-corrected chi connectivity index (χ2v) is 2.80. The van der Waals surface area contributed by atoms with Crippen LogP contribution in [0.5, 0.6) is 0 Å². The summed E-state index contributed by atoms with van der Waals surface area (Å²) in [7, 11) is 0. The molecule has 0 spiro atoms. The van der Waals surface area contributed by atoms with E-state index in [0.29, 0.717) is 0 Å². The fourth-order valence-electron chi connectivity index (χ4n) is 0.602. The summed E-state index contributed by atoms with van der Waals surface area (Å²) in [6.45, 7) is 2.82. The highest BCUT2D eigenvalue weighted by molar-refractivity contribution is 4.58. The smallest absolute Gasteiger partial charge is 0.393 e. The number of hydrogen-bond donors (Lipinski definition) is 1. The van der Waals surface area contributed by atoms with Gasteiger partial charge < -0.3 is 5.11 Å². The molecule has 0 aliphatic heterocycles. The van der Waals surface area contributed by atoms with Crippen molar-refractivity contribution >= 4 is 0 Å². The van der Waals surface area contributed by atoms with Crippen LogP contribution in [0.1, 0.15) is 20.3 Å². The second kappa shape index (κ2) is 4.67. The molecule has 0 saturated carbocycles. The Hall–Kier alpha value is -0.290. The Morgan fingerprint density at radius 3 is 2.17 bits per heavy atom. The van der Waals surface area contributed by atoms with E-state index in [1.807, 2.05) is 0 Å². The molecule has 0 amide bonds. The van der Waals surface area contributed by atoms with Gasteiger partial charge in [0.15, 0.2) is 0 Å². The summed E-state index contributed by atoms with van der Waals surface area (Å²) in [5, 5.41) is 8.91. The van der Waals surface area contributed by atoms with Crippen LogP contribution in [0.4, 0.5) is 13.2 Å². The fraction of sp³-hybridized carbons (Fsp3) is 1.00. The average molecular weight is 186 g/mol. The first-order chi connectivity index (χ1) is 5.33. The van der Waals surface area contributed by atoms with E-state index in [4.69, 9.17) is 5.11 Å². The molecule has 0 aromatic rings. The number of aliphatic hydroxyl groups excluding tert-OH is 1. The first-order valence-electron chi connectivity index (χ1n) is 3.71. The molecule has 0 rings (SSSR count). The second-order valence-electron chi connectivity index (χ2n) is 2.80. The highest BCUT2D eigenvalue weighted by Crippen LogP contribution is 2.18. The number of hydrogen-bond acceptors (Lipinski definition) is 2. The molecule has 2 atom stereocenters. The van der Waals surface area contributed by atoms with Crippen LogP contribution < -0.4 is 0 Å². The molecule has 0 saturated heterocycles. The molecule has 1 N–H and O–H groups in total. The zero-order valence-corrected chi connectivity index (χ0v) is 7.06. The molecule has 74 valence electrons. The Balaban J connectivity index is 3.44. The van der Waals surface area contributed by atoms with E-state index in [1.165, 1.54) is 6.92 Å². The number of rotatable bonds is 4. The Morgan fingerprint density at radius 2 is 1.83 bits per heavy atom. The van der Waals surface area contributed by atoms with Crippen LogP contribution in [0.3, 0.4) is 0 Å². The minimum Gasteiger partial charge on any atom is -0.393 e. The Kier molecular flexibility index (Phi) is 4.55. The molecule has 2 unspecified atom stereocenters. The Morgan fingerprint density at radius 1 is 1.33 bits per heavy atom. The standard InChI is InChI=1S/C7H13F3O2/c1-5(6(2)11)3-4-12-7(8,9)10/h5-6,11H,3-4H2,1-2H3. The third kappa shape index (κ3) is 6.42. The number of ether oxygens (including phenoxy) is 1. The quantitative estimate of drug-likeness (QED) is 0.726. The Bertz CT molecular complexity index is 122. The van der Waals surface area contributed by atoms with Crippen molar-refractivity contribution in [1.82, 2.24) is 0 Å². The Labute approximate surface area is 69.3 Å². The average Bonchev–Trinajstić information content (AvgIpc) is 1.84. The molecule has 0 bridgehead atoms. The summed E-state index contributed by atoms with van der Waals surface area (Å²) in [5.74, 6) is -0.174. The molecule has 5 heteroatoms. The molecular weight excluding hydrogens is 173 g/mol. The van der Waals surface area contributed by atoms with E-state index >= 15 is 0 Å². The maximum atomic E-state index is 11.4. The number of halogens is 3. The summed E-state index contributed by atoms with van der Waals surface area (Å²) in [4.78, 5) is 0. The van der Waals surface area contributed by atoms with Gasteiger partial charge in [0.2, 0.25) is 0 Å². The van der Waals surface area contributed by atoms with Crippen molar-refractivity contribution in [2.75, 3.05) is 6.61 Å². The van der Waals surface area contributed by atoms with Crippen molar-refractivity contribution < 1.29 is 23.0 Å². The highest BCUT2D eigenvalue weighted by Gasteiger charge is 2.28. The van der Waals surface area contributed by atoms with Gasteiger partial charge in [-0.15, -0.1) is 13.2 Å². The summed E-state index contributed by atoms with van der Waals surface area (Å²) in [6.07, 6.45) is -4.95. The molecule has 0 heterocycles. The third-order valence-corrected chi connectivity index (χ3v) is 1.66. The molecule has 0 fully saturated rings. The minimum absolute atomic E-state index is 0.174. The van der Waals surface area contributed by atoms with Gasteiger partial charge in [-0.25, -0.2) is 0 Å². The van der Waals surface area contributed by atoms with Gasteiger partial charge in [-0.1, -0.05) is 6.92 Å². The number of alkyl halides is 3. The maximum absolute atomic E-state index is 11.4. The zero-order valence-electron chi connectivity index (χ0n) is 7.06. The van der Waals surface area contributed by atoms with Crippen molar-refractivity contribution in [3.63, 3.8) is 0 Å². The predicted octanol–water partition coefficient (Wildman–Crippen LogP) is 1.93. The number of aliphatic hydroxyl groups is 1. The van der Waals surface area contributed by atoms with Crippen molar-refractivity contribution in [2.24, 2.45) is 5.92 Å². The topological polar surface area (TPSA) is 29.5 Å². The molecular formula is C7H13F3O2. The monoisotopic (exact) mass is 186 g/mol. The van der Waals surface area contributed by atoms with Gasteiger partial charge in [0.05, 0.1) is 12.7 Å². The fourth-order valence-corrected chi connectivity index (χ4v) is 0.602. The van der Waals surface area contributed by atoms with Crippen LogP contribution in [-0.4, -0.2) is 24.2 Å². The summed E-state index contributed by atoms with van der Waals surface area (Å²) >= 11 is 0. The minimum atomic E-state index is -4.56. The van der Waals surface area contributed by atoms with Crippen molar-refractivity contribution in [3.05, 3.63) is 0 Å². The zero-order chi connectivity index (χ0) is 9.78. The van der Waals surface area contributed by atoms with Crippen molar-refractivity contribution in [3.8, 4) is 0 Å². The van der Waals surface area contributed by atoms with Gasteiger partial charge >= 0.3 is 6.36 Å². The van der Waals surface area contributed by atoms with Crippen molar-refractivity contribution in [1.29, 1.82) is 0 Å². The van der Waals surface area contributed by atoms with E-state index in [0.717, 1.165) is 0 Å². The lowest BCUT2D eigenvalue weighted by Gasteiger charge is -2.14. The lowest BCUT2D eigenvalue weighted by Crippen LogP contribution is -2.19. The maximum Gasteiger partial charge on any atom is 0.522 e. The van der Waals surface area contributed by atoms with Crippen LogP contribution in [0.15, 0.2) is 0 Å². The van der Waals surface area contributed by atoms with Gasteiger partial charge in [0, 0.05) is 0 Å². The molecule has 0 aromatic heterocycles. The van der Waals surface area contributed by atoms with E-state index in [1.54, 1.807) is 6.92 Å². The van der Waals surface area contributed by atoms with E-state index in [2.05, 4.69) is 4.74 Å². The highest BCUT2D eigenvalue weighted by atomic mass is 19.4. The van der Waals surface area contributed by atoms with Gasteiger partial charge in [-0.05, 0) is 19.3 Å². The van der Waals surface area contributed by atoms with E-state index in [-0.39, 0.29) is 12.3 Å². The van der Waals surface area contributed by atoms with Crippen LogP contribution in [-0.2, 0) is 4.74 Å². The molecule has 2 nitrogen and oxygen atoms in total. The summed E-state index contributed by atoms with van der Waals surface area (Å²) < 4.78 is 37.8. The first kappa shape index (κ1) is 11.7. The van der Waals surface area contributed by atoms with Gasteiger partial charge in [0.25, 0.3) is 0 Å². The predicted molar refractivity (Wildman–Crippen MR) is 37.5 cm³/mol. The van der Waals surface area contributed by atoms with Gasteiger partial charge in [-0.3, -0.25) is 4.74 Å². The largest absolute Gasteiger partial charge is 0.522 e. The van der Waals surface area contributed by atoms with Crippen molar-refractivity contribution in [2.45, 2.75) is 32.7 Å². The first-order valence-corrected chi connectivity index (χ1v) is 3.71. The van der Waals surface area contributed by atoms with Crippen LogP contribution in [0, 0.1) is 5.92 Å². The lowest BCUT2D eigenvalue weighted by molar-refractivity contribution is -0.325. The summed E-state index contributed by atoms with van der Waals surface area (Å²) in [5.41, 5.74) is 0. The molecule has 0 radical (unpaired) electrons. The van der Waals surface area contributed by atoms with Gasteiger partial charge in [0.1, 0.15) is 0 Å². The normalized spacial score (nSPS) is 17.5. The van der Waals surface area contributed by atoms with E-state index in [9.17, 15) is 13.2 Å². The molecule has 12 heavy (non-hydrogen) atoms. The van der Waals surface area contributed by atoms with Crippen LogP contribution in [0.2, 0.25) is 0 Å². The van der Waals surface area contributed by atoms with Crippen LogP contribution in [0.25, 0.3) is 0 Å². The van der Waals surface area contributed by atoms with E-state index < -0.39 is 19.1 Å². The summed E-state index contributed by atoms with van der Waals surface area (Å²) in [6, 6.07) is 0. The molecule has 0 aromatic carbocycles. The van der Waals surface area contributed by atoms with Crippen LogP contribution >= 0.6 is 0 Å².